The third-order valence-electron chi connectivity index (χ3n) is 4.87. The Kier molecular flexibility index (Phi) is 5.05. The Hall–Kier alpha value is -0.120. The smallest absolute Gasteiger partial charge is 0.0445 e. The Morgan fingerprint density at radius 1 is 1.17 bits per heavy atom. The molecule has 106 valence electrons. The highest BCUT2D eigenvalue weighted by molar-refractivity contribution is 4.96. The van der Waals surface area contributed by atoms with Gasteiger partial charge in [0.25, 0.3) is 0 Å². The number of nitrogens with zero attached hydrogens (tertiary/aromatic N) is 1. The molecule has 2 aliphatic rings. The number of hydrogen-bond donors (Lipinski definition) is 2. The van der Waals surface area contributed by atoms with Crippen LogP contribution < -0.4 is 5.32 Å². The van der Waals surface area contributed by atoms with Gasteiger partial charge in [-0.3, -0.25) is 0 Å². The summed E-state index contributed by atoms with van der Waals surface area (Å²) in [6, 6.07) is 1.83. The summed E-state index contributed by atoms with van der Waals surface area (Å²) in [5.41, 5.74) is 0. The Bertz CT molecular complexity index is 243. The molecule has 0 aromatic carbocycles. The number of rotatable bonds is 5. The molecule has 3 heteroatoms. The fourth-order valence-corrected chi connectivity index (χ4v) is 3.77. The number of nitrogens with one attached hydrogen (secondary N) is 1. The minimum atomic E-state index is 0.300. The van der Waals surface area contributed by atoms with E-state index in [2.05, 4.69) is 31.0 Å². The first-order valence-electron chi connectivity index (χ1n) is 7.72. The van der Waals surface area contributed by atoms with E-state index in [0.29, 0.717) is 24.7 Å². The molecule has 0 spiro atoms. The first-order valence-corrected chi connectivity index (χ1v) is 7.72. The molecule has 1 heterocycles. The van der Waals surface area contributed by atoms with E-state index < -0.39 is 0 Å². The zero-order valence-corrected chi connectivity index (χ0v) is 12.2. The summed E-state index contributed by atoms with van der Waals surface area (Å²) in [5.74, 6) is 1.64. The van der Waals surface area contributed by atoms with Crippen molar-refractivity contribution in [3.05, 3.63) is 0 Å². The molecule has 18 heavy (non-hydrogen) atoms. The van der Waals surface area contributed by atoms with Crippen molar-refractivity contribution in [3.8, 4) is 0 Å². The second-order valence-electron chi connectivity index (χ2n) is 6.60. The monoisotopic (exact) mass is 254 g/mol. The van der Waals surface area contributed by atoms with E-state index in [1.54, 1.807) is 0 Å². The molecule has 2 bridgehead atoms. The van der Waals surface area contributed by atoms with E-state index in [1.165, 1.54) is 32.4 Å². The van der Waals surface area contributed by atoms with Gasteiger partial charge in [0.1, 0.15) is 0 Å². The summed E-state index contributed by atoms with van der Waals surface area (Å²) in [7, 11) is 0. The number of likely N-dealkylation sites (tertiary alicyclic amines) is 1. The van der Waals surface area contributed by atoms with Crippen LogP contribution in [0, 0.1) is 11.8 Å². The third kappa shape index (κ3) is 3.25. The third-order valence-corrected chi connectivity index (χ3v) is 4.87. The Morgan fingerprint density at radius 3 is 2.28 bits per heavy atom. The summed E-state index contributed by atoms with van der Waals surface area (Å²) < 4.78 is 0. The van der Waals surface area contributed by atoms with Crippen molar-refractivity contribution >= 4 is 0 Å². The van der Waals surface area contributed by atoms with Crippen molar-refractivity contribution in [1.82, 2.24) is 10.2 Å². The molecular formula is C15H30N2O. The van der Waals surface area contributed by atoms with Gasteiger partial charge in [-0.15, -0.1) is 0 Å². The minimum Gasteiger partial charge on any atom is -0.396 e. The molecule has 2 rings (SSSR count). The molecule has 0 amide bonds. The molecule has 1 aliphatic carbocycles. The van der Waals surface area contributed by atoms with Gasteiger partial charge >= 0.3 is 0 Å². The Morgan fingerprint density at radius 2 is 1.78 bits per heavy atom. The average Bonchev–Trinajstić information content (AvgIpc) is 2.28. The number of hydrogen-bond acceptors (Lipinski definition) is 3. The molecule has 3 atom stereocenters. The molecule has 3 nitrogen and oxygen atoms in total. The average molecular weight is 254 g/mol. The molecule has 0 aromatic rings. The largest absolute Gasteiger partial charge is 0.396 e. The molecule has 1 aliphatic heterocycles. The molecular weight excluding hydrogens is 224 g/mol. The molecule has 0 aromatic heterocycles. The lowest BCUT2D eigenvalue weighted by atomic mass is 9.73. The fourth-order valence-electron chi connectivity index (χ4n) is 3.77. The lowest BCUT2D eigenvalue weighted by Crippen LogP contribution is -2.59. The highest BCUT2D eigenvalue weighted by Crippen LogP contribution is 2.35. The maximum Gasteiger partial charge on any atom is 0.0445 e. The van der Waals surface area contributed by atoms with Crippen LogP contribution in [0.15, 0.2) is 0 Å². The lowest BCUT2D eigenvalue weighted by molar-refractivity contribution is 0.0246. The molecule has 1 saturated carbocycles. The molecule has 2 fully saturated rings. The van der Waals surface area contributed by atoms with E-state index in [9.17, 15) is 0 Å². The minimum absolute atomic E-state index is 0.300. The number of fused-ring (bicyclic) bond motifs is 2. The highest BCUT2D eigenvalue weighted by Gasteiger charge is 2.40. The second-order valence-corrected chi connectivity index (χ2v) is 6.60. The second kappa shape index (κ2) is 6.36. The normalized spacial score (nSPS) is 34.8. The molecule has 1 saturated heterocycles. The quantitative estimate of drug-likeness (QED) is 0.786. The van der Waals surface area contributed by atoms with Crippen molar-refractivity contribution in [3.63, 3.8) is 0 Å². The summed E-state index contributed by atoms with van der Waals surface area (Å²) >= 11 is 0. The van der Waals surface area contributed by atoms with Crippen LogP contribution in [-0.2, 0) is 0 Å². The molecule has 3 unspecified atom stereocenters. The molecule has 0 radical (unpaired) electrons. The maximum atomic E-state index is 9.04. The van der Waals surface area contributed by atoms with Crippen LogP contribution in [0.5, 0.6) is 0 Å². The first kappa shape index (κ1) is 14.3. The van der Waals surface area contributed by atoms with E-state index in [-0.39, 0.29) is 0 Å². The van der Waals surface area contributed by atoms with Crippen LogP contribution >= 0.6 is 0 Å². The number of piperidine rings is 1. The summed E-state index contributed by atoms with van der Waals surface area (Å²) in [6.07, 6.45) is 5.05. The maximum absolute atomic E-state index is 9.04. The van der Waals surface area contributed by atoms with E-state index in [0.717, 1.165) is 18.3 Å². The van der Waals surface area contributed by atoms with Gasteiger partial charge in [-0.25, -0.2) is 0 Å². The van der Waals surface area contributed by atoms with Gasteiger partial charge in [-0.2, -0.15) is 0 Å². The van der Waals surface area contributed by atoms with Gasteiger partial charge in [0.2, 0.25) is 0 Å². The topological polar surface area (TPSA) is 35.5 Å². The highest BCUT2D eigenvalue weighted by atomic mass is 16.3. The Balaban J connectivity index is 1.95. The van der Waals surface area contributed by atoms with Gasteiger partial charge in [-0.05, 0) is 51.9 Å². The fraction of sp³-hybridized carbons (Fsp3) is 1.00. The summed E-state index contributed by atoms with van der Waals surface area (Å²) in [5, 5.41) is 12.8. The predicted molar refractivity (Wildman–Crippen MR) is 75.6 cm³/mol. The van der Waals surface area contributed by atoms with Gasteiger partial charge in [0.05, 0.1) is 0 Å². The van der Waals surface area contributed by atoms with Gasteiger partial charge in [0.15, 0.2) is 0 Å². The predicted octanol–water partition coefficient (Wildman–Crippen LogP) is 1.86. The van der Waals surface area contributed by atoms with Crippen LogP contribution in [0.2, 0.25) is 0 Å². The molecule has 2 N–H and O–H groups in total. The lowest BCUT2D eigenvalue weighted by Gasteiger charge is -2.49. The zero-order chi connectivity index (χ0) is 13.1. The summed E-state index contributed by atoms with van der Waals surface area (Å²) in [6.45, 7) is 9.67. The van der Waals surface area contributed by atoms with E-state index in [4.69, 9.17) is 5.11 Å². The van der Waals surface area contributed by atoms with Gasteiger partial charge < -0.3 is 15.3 Å². The standard InChI is InChI=1S/C15H30N2O/c1-11(2)17-9-13-5-4-6-14(10-17)15(13)16-12(3)7-8-18/h11-16,18H,4-10H2,1-3H3. The van der Waals surface area contributed by atoms with Crippen molar-refractivity contribution in [2.75, 3.05) is 19.7 Å². The first-order chi connectivity index (χ1) is 8.61. The number of aliphatic hydroxyl groups excluding tert-OH is 1. The van der Waals surface area contributed by atoms with Crippen molar-refractivity contribution in [1.29, 1.82) is 0 Å². The van der Waals surface area contributed by atoms with E-state index >= 15 is 0 Å². The van der Waals surface area contributed by atoms with Crippen LogP contribution in [0.1, 0.15) is 46.5 Å². The van der Waals surface area contributed by atoms with Gasteiger partial charge in [0, 0.05) is 37.8 Å². The van der Waals surface area contributed by atoms with E-state index in [1.807, 2.05) is 0 Å². The van der Waals surface area contributed by atoms with Gasteiger partial charge in [-0.1, -0.05) is 6.42 Å². The number of aliphatic hydroxyl groups is 1. The Labute approximate surface area is 112 Å². The van der Waals surface area contributed by atoms with Crippen molar-refractivity contribution < 1.29 is 5.11 Å². The van der Waals surface area contributed by atoms with Crippen molar-refractivity contribution in [2.24, 2.45) is 11.8 Å². The van der Waals surface area contributed by atoms with Crippen LogP contribution in [0.25, 0.3) is 0 Å². The zero-order valence-electron chi connectivity index (χ0n) is 12.2. The van der Waals surface area contributed by atoms with Crippen LogP contribution in [0.3, 0.4) is 0 Å². The summed E-state index contributed by atoms with van der Waals surface area (Å²) in [4.78, 5) is 2.66. The van der Waals surface area contributed by atoms with Crippen molar-refractivity contribution in [2.45, 2.75) is 64.6 Å². The van der Waals surface area contributed by atoms with Crippen LogP contribution in [0.4, 0.5) is 0 Å². The van der Waals surface area contributed by atoms with Crippen LogP contribution in [-0.4, -0.2) is 47.8 Å². The SMILES string of the molecule is CC(CCO)NC1C2CCCC1CN(C(C)C)C2.